The Labute approximate surface area is 166 Å². The Kier molecular flexibility index (Phi) is 5.08. The van der Waals surface area contributed by atoms with Gasteiger partial charge >= 0.3 is 0 Å². The molecule has 2 aromatic heterocycles. The summed E-state index contributed by atoms with van der Waals surface area (Å²) < 4.78 is 1.75. The van der Waals surface area contributed by atoms with Crippen molar-refractivity contribution >= 4 is 40.2 Å². The van der Waals surface area contributed by atoms with Gasteiger partial charge in [-0.15, -0.1) is 0 Å². The van der Waals surface area contributed by atoms with E-state index in [2.05, 4.69) is 15.3 Å². The number of carbonyl (C=O) groups is 1. The summed E-state index contributed by atoms with van der Waals surface area (Å²) in [7, 11) is 0. The van der Waals surface area contributed by atoms with Crippen LogP contribution in [0.15, 0.2) is 42.9 Å². The molecule has 0 spiro atoms. The van der Waals surface area contributed by atoms with Crippen LogP contribution in [0.3, 0.4) is 0 Å². The van der Waals surface area contributed by atoms with Gasteiger partial charge in [0.05, 0.1) is 21.7 Å². The van der Waals surface area contributed by atoms with Crippen molar-refractivity contribution < 1.29 is 9.90 Å². The van der Waals surface area contributed by atoms with Crippen molar-refractivity contribution in [2.75, 3.05) is 18.1 Å². The Balaban J connectivity index is 1.68. The molecule has 0 saturated carbocycles. The SMILES string of the molecule is O=C(NCC1(O)CCSCC1)c1cn(-c2ncccn2)c2cccc(Cl)c12. The highest BCUT2D eigenvalue weighted by molar-refractivity contribution is 7.99. The fraction of sp³-hybridized carbons (Fsp3) is 0.316. The lowest BCUT2D eigenvalue weighted by atomic mass is 9.97. The van der Waals surface area contributed by atoms with Crippen molar-refractivity contribution in [2.24, 2.45) is 0 Å². The van der Waals surface area contributed by atoms with E-state index >= 15 is 0 Å². The maximum Gasteiger partial charge on any atom is 0.253 e. The van der Waals surface area contributed by atoms with E-state index in [1.807, 2.05) is 23.9 Å². The quantitative estimate of drug-likeness (QED) is 0.701. The summed E-state index contributed by atoms with van der Waals surface area (Å²) in [5, 5.41) is 14.7. The third-order valence-electron chi connectivity index (χ3n) is 4.79. The van der Waals surface area contributed by atoms with Crippen LogP contribution in [0.2, 0.25) is 5.02 Å². The first-order chi connectivity index (χ1) is 13.1. The highest BCUT2D eigenvalue weighted by Crippen LogP contribution is 2.31. The number of hydrogen-bond acceptors (Lipinski definition) is 5. The number of nitrogens with zero attached hydrogens (tertiary/aromatic N) is 3. The third-order valence-corrected chi connectivity index (χ3v) is 6.09. The van der Waals surface area contributed by atoms with Gasteiger partial charge in [-0.1, -0.05) is 17.7 Å². The molecule has 140 valence electrons. The largest absolute Gasteiger partial charge is 0.388 e. The van der Waals surface area contributed by atoms with E-state index in [0.717, 1.165) is 17.0 Å². The fourth-order valence-corrected chi connectivity index (χ4v) is 4.79. The third kappa shape index (κ3) is 3.67. The summed E-state index contributed by atoms with van der Waals surface area (Å²) in [4.78, 5) is 21.4. The number of halogens is 1. The van der Waals surface area contributed by atoms with E-state index in [0.29, 0.717) is 34.8 Å². The fourth-order valence-electron chi connectivity index (χ4n) is 3.26. The second-order valence-corrected chi connectivity index (χ2v) is 8.25. The minimum atomic E-state index is -0.842. The van der Waals surface area contributed by atoms with E-state index in [1.54, 1.807) is 35.3 Å². The smallest absolute Gasteiger partial charge is 0.253 e. The molecule has 4 rings (SSSR count). The number of benzene rings is 1. The number of fused-ring (bicyclic) bond motifs is 1. The molecule has 0 unspecified atom stereocenters. The number of carbonyl (C=O) groups excluding carboxylic acids is 1. The lowest BCUT2D eigenvalue weighted by Gasteiger charge is -2.31. The Hall–Kier alpha value is -2.09. The van der Waals surface area contributed by atoms with Crippen LogP contribution in [0.25, 0.3) is 16.9 Å². The summed E-state index contributed by atoms with van der Waals surface area (Å²) in [6.07, 6.45) is 6.35. The normalized spacial score (nSPS) is 16.4. The standard InChI is InChI=1S/C19H19ClN4O2S/c20-14-3-1-4-15-16(14)13(11-24(15)18-21-7-2-8-22-18)17(25)23-12-19(26)5-9-27-10-6-19/h1-4,7-8,11,26H,5-6,9-10,12H2,(H,23,25). The number of rotatable bonds is 4. The van der Waals surface area contributed by atoms with Gasteiger partial charge in [-0.2, -0.15) is 11.8 Å². The number of hydrogen-bond donors (Lipinski definition) is 2. The molecule has 1 amide bonds. The van der Waals surface area contributed by atoms with E-state index in [4.69, 9.17) is 11.6 Å². The van der Waals surface area contributed by atoms with Gasteiger partial charge in [-0.25, -0.2) is 9.97 Å². The van der Waals surface area contributed by atoms with Gasteiger partial charge in [-0.05, 0) is 42.5 Å². The Bertz CT molecular complexity index is 971. The Morgan fingerprint density at radius 1 is 1.26 bits per heavy atom. The molecule has 3 aromatic rings. The monoisotopic (exact) mass is 402 g/mol. The van der Waals surface area contributed by atoms with Gasteiger partial charge in [0, 0.05) is 30.5 Å². The van der Waals surface area contributed by atoms with Crippen LogP contribution in [-0.2, 0) is 0 Å². The van der Waals surface area contributed by atoms with Crippen molar-refractivity contribution in [1.29, 1.82) is 0 Å². The maximum atomic E-state index is 12.9. The summed E-state index contributed by atoms with van der Waals surface area (Å²) in [6, 6.07) is 7.19. The second-order valence-electron chi connectivity index (χ2n) is 6.61. The van der Waals surface area contributed by atoms with Gasteiger partial charge in [0.2, 0.25) is 5.95 Å². The molecule has 0 radical (unpaired) electrons. The van der Waals surface area contributed by atoms with Crippen molar-refractivity contribution in [2.45, 2.75) is 18.4 Å². The molecule has 8 heteroatoms. The van der Waals surface area contributed by atoms with Gasteiger partial charge in [0.1, 0.15) is 0 Å². The van der Waals surface area contributed by atoms with Gasteiger partial charge in [-0.3, -0.25) is 9.36 Å². The molecule has 1 saturated heterocycles. The van der Waals surface area contributed by atoms with Crippen LogP contribution < -0.4 is 5.32 Å². The lowest BCUT2D eigenvalue weighted by molar-refractivity contribution is 0.0311. The number of aliphatic hydroxyl groups is 1. The zero-order valence-corrected chi connectivity index (χ0v) is 16.1. The lowest BCUT2D eigenvalue weighted by Crippen LogP contribution is -2.45. The molecular formula is C19H19ClN4O2S. The molecule has 1 aromatic carbocycles. The molecule has 27 heavy (non-hydrogen) atoms. The molecule has 0 atom stereocenters. The molecule has 0 aliphatic carbocycles. The molecule has 1 aliphatic rings. The van der Waals surface area contributed by atoms with Crippen molar-refractivity contribution in [3.8, 4) is 5.95 Å². The summed E-state index contributed by atoms with van der Waals surface area (Å²) >= 11 is 8.22. The van der Waals surface area contributed by atoms with E-state index in [-0.39, 0.29) is 12.5 Å². The van der Waals surface area contributed by atoms with Gasteiger partial charge in [0.25, 0.3) is 5.91 Å². The number of thioether (sulfide) groups is 1. The molecule has 0 bridgehead atoms. The van der Waals surface area contributed by atoms with E-state index in [1.165, 1.54) is 0 Å². The molecule has 2 N–H and O–H groups in total. The first kappa shape index (κ1) is 18.3. The minimum absolute atomic E-state index is 0.228. The highest BCUT2D eigenvalue weighted by Gasteiger charge is 2.30. The Morgan fingerprint density at radius 3 is 2.74 bits per heavy atom. The van der Waals surface area contributed by atoms with Crippen LogP contribution in [0.4, 0.5) is 0 Å². The van der Waals surface area contributed by atoms with Gasteiger partial charge in [0.15, 0.2) is 0 Å². The topological polar surface area (TPSA) is 80.0 Å². The zero-order valence-electron chi connectivity index (χ0n) is 14.6. The molecule has 1 fully saturated rings. The Morgan fingerprint density at radius 2 is 2.00 bits per heavy atom. The minimum Gasteiger partial charge on any atom is -0.388 e. The number of aromatic nitrogens is 3. The zero-order chi connectivity index (χ0) is 18.9. The second kappa shape index (κ2) is 7.50. The van der Waals surface area contributed by atoms with Crippen molar-refractivity contribution in [3.05, 3.63) is 53.4 Å². The van der Waals surface area contributed by atoms with Crippen LogP contribution in [0.1, 0.15) is 23.2 Å². The van der Waals surface area contributed by atoms with Gasteiger partial charge < -0.3 is 10.4 Å². The first-order valence-electron chi connectivity index (χ1n) is 8.73. The van der Waals surface area contributed by atoms with E-state index in [9.17, 15) is 9.90 Å². The molecule has 1 aliphatic heterocycles. The number of nitrogens with one attached hydrogen (secondary N) is 1. The van der Waals surface area contributed by atoms with Crippen LogP contribution in [0.5, 0.6) is 0 Å². The van der Waals surface area contributed by atoms with Crippen LogP contribution >= 0.6 is 23.4 Å². The van der Waals surface area contributed by atoms with E-state index < -0.39 is 5.60 Å². The van der Waals surface area contributed by atoms with Crippen LogP contribution in [0, 0.1) is 0 Å². The molecule has 3 heterocycles. The van der Waals surface area contributed by atoms with Crippen molar-refractivity contribution in [1.82, 2.24) is 19.9 Å². The van der Waals surface area contributed by atoms with Crippen molar-refractivity contribution in [3.63, 3.8) is 0 Å². The average Bonchev–Trinajstić information content (AvgIpc) is 3.09. The molecule has 6 nitrogen and oxygen atoms in total. The summed E-state index contributed by atoms with van der Waals surface area (Å²) in [5.74, 6) is 2.01. The predicted molar refractivity (Wildman–Crippen MR) is 108 cm³/mol. The number of amides is 1. The first-order valence-corrected chi connectivity index (χ1v) is 10.3. The summed E-state index contributed by atoms with van der Waals surface area (Å²) in [5.41, 5.74) is 0.356. The van der Waals surface area contributed by atoms with Crippen LogP contribution in [-0.4, -0.2) is 49.2 Å². The predicted octanol–water partition coefficient (Wildman–Crippen LogP) is 3.06. The summed E-state index contributed by atoms with van der Waals surface area (Å²) in [6.45, 7) is 0.228. The maximum absolute atomic E-state index is 12.9. The average molecular weight is 403 g/mol. The highest BCUT2D eigenvalue weighted by atomic mass is 35.5. The molecular weight excluding hydrogens is 384 g/mol.